The van der Waals surface area contributed by atoms with E-state index in [1.165, 1.54) is 10.9 Å². The summed E-state index contributed by atoms with van der Waals surface area (Å²) in [4.78, 5) is 11.8. The van der Waals surface area contributed by atoms with Crippen LogP contribution < -0.4 is 10.7 Å². The van der Waals surface area contributed by atoms with E-state index < -0.39 is 0 Å². The SMILES string of the molecule is Cc1ccc(/C=N\NC(=O)CNc2ccc3ccccc3c2)cc1. The highest BCUT2D eigenvalue weighted by Crippen LogP contribution is 2.18. The number of aryl methyl sites for hydroxylation is 1. The van der Waals surface area contributed by atoms with Crippen molar-refractivity contribution < 1.29 is 4.79 Å². The minimum atomic E-state index is -0.188. The van der Waals surface area contributed by atoms with Gasteiger partial charge in [0.05, 0.1) is 12.8 Å². The molecule has 4 heteroatoms. The number of carbonyl (C=O) groups excluding carboxylic acids is 1. The largest absolute Gasteiger partial charge is 0.376 e. The average molecular weight is 317 g/mol. The summed E-state index contributed by atoms with van der Waals surface area (Å²) < 4.78 is 0. The molecule has 24 heavy (non-hydrogen) atoms. The van der Waals surface area contributed by atoms with Crippen LogP contribution in [0.1, 0.15) is 11.1 Å². The summed E-state index contributed by atoms with van der Waals surface area (Å²) in [5.41, 5.74) is 5.57. The molecule has 2 N–H and O–H groups in total. The van der Waals surface area contributed by atoms with Gasteiger partial charge in [-0.25, -0.2) is 5.43 Å². The minimum Gasteiger partial charge on any atom is -0.376 e. The first-order valence-corrected chi connectivity index (χ1v) is 7.82. The van der Waals surface area contributed by atoms with Crippen LogP contribution in [-0.4, -0.2) is 18.7 Å². The van der Waals surface area contributed by atoms with E-state index in [9.17, 15) is 4.79 Å². The second-order valence-corrected chi connectivity index (χ2v) is 5.62. The number of nitrogens with one attached hydrogen (secondary N) is 2. The number of nitrogens with zero attached hydrogens (tertiary/aromatic N) is 1. The van der Waals surface area contributed by atoms with Gasteiger partial charge in [0.1, 0.15) is 0 Å². The van der Waals surface area contributed by atoms with Gasteiger partial charge in [-0.05, 0) is 35.4 Å². The zero-order chi connectivity index (χ0) is 16.8. The maximum Gasteiger partial charge on any atom is 0.259 e. The van der Waals surface area contributed by atoms with E-state index in [-0.39, 0.29) is 12.5 Å². The zero-order valence-electron chi connectivity index (χ0n) is 13.5. The van der Waals surface area contributed by atoms with E-state index in [0.29, 0.717) is 0 Å². The smallest absolute Gasteiger partial charge is 0.259 e. The highest BCUT2D eigenvalue weighted by Gasteiger charge is 2.00. The van der Waals surface area contributed by atoms with Crippen LogP contribution in [0.2, 0.25) is 0 Å². The molecule has 0 unspecified atom stereocenters. The van der Waals surface area contributed by atoms with Gasteiger partial charge in [0.25, 0.3) is 5.91 Å². The van der Waals surface area contributed by atoms with Gasteiger partial charge in [0, 0.05) is 5.69 Å². The Morgan fingerprint density at radius 3 is 2.54 bits per heavy atom. The number of fused-ring (bicyclic) bond motifs is 1. The summed E-state index contributed by atoms with van der Waals surface area (Å²) in [5, 5.41) is 9.39. The first-order chi connectivity index (χ1) is 11.7. The van der Waals surface area contributed by atoms with E-state index in [4.69, 9.17) is 0 Å². The van der Waals surface area contributed by atoms with E-state index in [0.717, 1.165) is 16.6 Å². The predicted molar refractivity (Wildman–Crippen MR) is 99.4 cm³/mol. The fourth-order valence-corrected chi connectivity index (χ4v) is 2.35. The Morgan fingerprint density at radius 2 is 1.75 bits per heavy atom. The summed E-state index contributed by atoms with van der Waals surface area (Å²) in [7, 11) is 0. The summed E-state index contributed by atoms with van der Waals surface area (Å²) in [6.45, 7) is 2.20. The van der Waals surface area contributed by atoms with Crippen LogP contribution in [-0.2, 0) is 4.79 Å². The number of amides is 1. The minimum absolute atomic E-state index is 0.170. The van der Waals surface area contributed by atoms with E-state index in [1.807, 2.05) is 67.6 Å². The number of benzene rings is 3. The van der Waals surface area contributed by atoms with Gasteiger partial charge in [-0.1, -0.05) is 60.2 Å². The van der Waals surface area contributed by atoms with Crippen molar-refractivity contribution in [1.29, 1.82) is 0 Å². The van der Waals surface area contributed by atoms with Gasteiger partial charge < -0.3 is 5.32 Å². The van der Waals surface area contributed by atoms with Crippen LogP contribution in [0.3, 0.4) is 0 Å². The third-order valence-corrected chi connectivity index (χ3v) is 3.68. The van der Waals surface area contributed by atoms with Crippen molar-refractivity contribution >= 4 is 28.6 Å². The number of rotatable bonds is 5. The number of hydrazone groups is 1. The molecule has 4 nitrogen and oxygen atoms in total. The van der Waals surface area contributed by atoms with Crippen LogP contribution in [0.15, 0.2) is 71.8 Å². The Kier molecular flexibility index (Phi) is 4.87. The molecule has 1 amide bonds. The third kappa shape index (κ3) is 4.20. The third-order valence-electron chi connectivity index (χ3n) is 3.68. The monoisotopic (exact) mass is 317 g/mol. The summed E-state index contributed by atoms with van der Waals surface area (Å²) in [6, 6.07) is 22.1. The Morgan fingerprint density at radius 1 is 1.00 bits per heavy atom. The number of hydrogen-bond donors (Lipinski definition) is 2. The standard InChI is InChI=1S/C20H19N3O/c1-15-6-8-16(9-7-15)13-22-23-20(24)14-21-19-11-10-17-4-2-3-5-18(17)12-19/h2-13,21H,14H2,1H3,(H,23,24)/b22-13-. The second-order valence-electron chi connectivity index (χ2n) is 5.62. The van der Waals surface area contributed by atoms with E-state index in [2.05, 4.69) is 21.9 Å². The highest BCUT2D eigenvalue weighted by molar-refractivity contribution is 5.87. The van der Waals surface area contributed by atoms with Crippen LogP contribution in [0.5, 0.6) is 0 Å². The lowest BCUT2D eigenvalue weighted by Gasteiger charge is -2.06. The molecule has 0 aliphatic rings. The molecule has 0 aromatic heterocycles. The number of hydrogen-bond acceptors (Lipinski definition) is 3. The molecule has 0 bridgehead atoms. The lowest BCUT2D eigenvalue weighted by atomic mass is 10.1. The average Bonchev–Trinajstić information content (AvgIpc) is 2.61. The molecular weight excluding hydrogens is 298 g/mol. The van der Waals surface area contributed by atoms with Gasteiger partial charge in [-0.2, -0.15) is 5.10 Å². The maximum absolute atomic E-state index is 11.8. The van der Waals surface area contributed by atoms with Crippen molar-refractivity contribution in [3.8, 4) is 0 Å². The van der Waals surface area contributed by atoms with Crippen LogP contribution in [0.4, 0.5) is 5.69 Å². The van der Waals surface area contributed by atoms with Crippen molar-refractivity contribution in [3.63, 3.8) is 0 Å². The Labute approximate surface area is 141 Å². The summed E-state index contributed by atoms with van der Waals surface area (Å²) >= 11 is 0. The van der Waals surface area contributed by atoms with Crippen molar-refractivity contribution in [2.75, 3.05) is 11.9 Å². The topological polar surface area (TPSA) is 53.5 Å². The van der Waals surface area contributed by atoms with Crippen molar-refractivity contribution in [2.45, 2.75) is 6.92 Å². The number of anilines is 1. The van der Waals surface area contributed by atoms with Gasteiger partial charge >= 0.3 is 0 Å². The summed E-state index contributed by atoms with van der Waals surface area (Å²) in [5.74, 6) is -0.188. The van der Waals surface area contributed by atoms with Gasteiger partial charge in [-0.3, -0.25) is 4.79 Å². The first-order valence-electron chi connectivity index (χ1n) is 7.82. The fraction of sp³-hybridized carbons (Fsp3) is 0.100. The van der Waals surface area contributed by atoms with Crippen molar-refractivity contribution in [2.24, 2.45) is 5.10 Å². The second kappa shape index (κ2) is 7.42. The summed E-state index contributed by atoms with van der Waals surface area (Å²) in [6.07, 6.45) is 1.63. The first kappa shape index (κ1) is 15.7. The molecule has 3 aromatic carbocycles. The zero-order valence-corrected chi connectivity index (χ0v) is 13.5. The van der Waals surface area contributed by atoms with Gasteiger partial charge in [0.2, 0.25) is 0 Å². The van der Waals surface area contributed by atoms with E-state index >= 15 is 0 Å². The lowest BCUT2D eigenvalue weighted by Crippen LogP contribution is -2.25. The lowest BCUT2D eigenvalue weighted by molar-refractivity contribution is -0.119. The molecule has 0 heterocycles. The molecule has 0 aliphatic heterocycles. The van der Waals surface area contributed by atoms with E-state index in [1.54, 1.807) is 6.21 Å². The molecule has 0 spiro atoms. The molecule has 120 valence electrons. The maximum atomic E-state index is 11.8. The van der Waals surface area contributed by atoms with Crippen LogP contribution >= 0.6 is 0 Å². The van der Waals surface area contributed by atoms with Crippen molar-refractivity contribution in [3.05, 3.63) is 77.9 Å². The van der Waals surface area contributed by atoms with Gasteiger partial charge in [0.15, 0.2) is 0 Å². The Bertz CT molecular complexity index is 869. The molecule has 0 fully saturated rings. The van der Waals surface area contributed by atoms with Crippen molar-refractivity contribution in [1.82, 2.24) is 5.43 Å². The van der Waals surface area contributed by atoms with Gasteiger partial charge in [-0.15, -0.1) is 0 Å². The Hall–Kier alpha value is -3.14. The molecule has 0 saturated heterocycles. The molecule has 0 aliphatic carbocycles. The molecule has 0 radical (unpaired) electrons. The van der Waals surface area contributed by atoms with Crippen LogP contribution in [0.25, 0.3) is 10.8 Å². The molecule has 3 rings (SSSR count). The normalized spacial score (nSPS) is 10.9. The molecular formula is C20H19N3O. The molecule has 3 aromatic rings. The van der Waals surface area contributed by atoms with Crippen LogP contribution in [0, 0.1) is 6.92 Å². The highest BCUT2D eigenvalue weighted by atomic mass is 16.2. The molecule has 0 saturated carbocycles. The quantitative estimate of drug-likeness (QED) is 0.557. The fourth-order valence-electron chi connectivity index (χ4n) is 2.35. The molecule has 0 atom stereocenters. The Balaban J connectivity index is 1.52. The predicted octanol–water partition coefficient (Wildman–Crippen LogP) is 3.71. The number of carbonyl (C=O) groups is 1.